The van der Waals surface area contributed by atoms with Gasteiger partial charge in [-0.2, -0.15) is 17.2 Å². The van der Waals surface area contributed by atoms with Crippen molar-refractivity contribution < 1.29 is 12.6 Å². The van der Waals surface area contributed by atoms with E-state index in [9.17, 15) is 8.42 Å². The summed E-state index contributed by atoms with van der Waals surface area (Å²) >= 11 is 0.980. The molecule has 0 unspecified atom stereocenters. The lowest BCUT2D eigenvalue weighted by Crippen LogP contribution is -2.12. The highest BCUT2D eigenvalue weighted by Gasteiger charge is 2.23. The van der Waals surface area contributed by atoms with Gasteiger partial charge in [-0.1, -0.05) is 32.0 Å². The van der Waals surface area contributed by atoms with Crippen molar-refractivity contribution >= 4 is 32.9 Å². The average molecular weight is 348 g/mol. The number of fused-ring (bicyclic) bond motifs is 1. The van der Waals surface area contributed by atoms with Gasteiger partial charge in [-0.3, -0.25) is 0 Å². The Hall–Kier alpha value is -1.99. The molecule has 2 aromatic carbocycles. The summed E-state index contributed by atoms with van der Waals surface area (Å²) in [5, 5.41) is 0. The van der Waals surface area contributed by atoms with Crippen LogP contribution in [0.5, 0.6) is 5.75 Å². The highest BCUT2D eigenvalue weighted by atomic mass is 32.2. The van der Waals surface area contributed by atoms with Crippen molar-refractivity contribution in [3.8, 4) is 5.75 Å². The van der Waals surface area contributed by atoms with E-state index >= 15 is 0 Å². The summed E-state index contributed by atoms with van der Waals surface area (Å²) in [7, 11) is -3.98. The lowest BCUT2D eigenvalue weighted by Gasteiger charge is -2.14. The zero-order chi connectivity index (χ0) is 16.6. The Kier molecular flexibility index (Phi) is 4.08. The largest absolute Gasteiger partial charge is 0.379 e. The van der Waals surface area contributed by atoms with Crippen LogP contribution in [0.15, 0.2) is 41.3 Å². The molecule has 23 heavy (non-hydrogen) atoms. The Balaban J connectivity index is 2.09. The summed E-state index contributed by atoms with van der Waals surface area (Å²) in [6, 6.07) is 10.4. The van der Waals surface area contributed by atoms with Crippen LogP contribution in [0.2, 0.25) is 0 Å². The monoisotopic (exact) mass is 348 g/mol. The number of nitrogens with zero attached hydrogens (tertiary/aromatic N) is 2. The molecule has 0 spiro atoms. The predicted octanol–water partition coefficient (Wildman–Crippen LogP) is 3.89. The van der Waals surface area contributed by atoms with E-state index in [1.165, 1.54) is 6.07 Å². The Morgan fingerprint density at radius 3 is 2.65 bits per heavy atom. The number of rotatable bonds is 4. The number of aryl methyl sites for hydroxylation is 1. The summed E-state index contributed by atoms with van der Waals surface area (Å²) < 4.78 is 39.0. The smallest absolute Gasteiger partial charge is 0.341 e. The van der Waals surface area contributed by atoms with Crippen LogP contribution >= 0.6 is 11.7 Å². The van der Waals surface area contributed by atoms with Crippen molar-refractivity contribution in [1.29, 1.82) is 0 Å². The first-order chi connectivity index (χ1) is 10.9. The second kappa shape index (κ2) is 5.90. The van der Waals surface area contributed by atoms with Gasteiger partial charge in [0.05, 0.1) is 11.7 Å². The minimum atomic E-state index is -3.98. The zero-order valence-electron chi connectivity index (χ0n) is 13.0. The van der Waals surface area contributed by atoms with E-state index in [4.69, 9.17) is 4.18 Å². The lowest BCUT2D eigenvalue weighted by molar-refractivity contribution is 0.482. The average Bonchev–Trinajstić information content (AvgIpc) is 2.94. The molecule has 120 valence electrons. The molecular weight excluding hydrogens is 332 g/mol. The SMILES string of the molecule is Cc1ccc(C(C)C)c(OS(=O)(=O)c2cccc3nsnc23)c1. The molecule has 0 aliphatic rings. The highest BCUT2D eigenvalue weighted by molar-refractivity contribution is 7.87. The standard InChI is InChI=1S/C16H16N2O3S2/c1-10(2)12-8-7-11(3)9-14(12)21-23(19,20)15-6-4-5-13-16(15)18-22-17-13/h4-10H,1-3H3. The fourth-order valence-electron chi connectivity index (χ4n) is 2.34. The van der Waals surface area contributed by atoms with Gasteiger partial charge < -0.3 is 4.18 Å². The number of hydrogen-bond acceptors (Lipinski definition) is 6. The van der Waals surface area contributed by atoms with Gasteiger partial charge in [-0.05, 0) is 42.2 Å². The third-order valence-electron chi connectivity index (χ3n) is 3.51. The van der Waals surface area contributed by atoms with Crippen LogP contribution < -0.4 is 4.18 Å². The molecule has 0 radical (unpaired) electrons. The molecule has 0 amide bonds. The molecule has 1 aromatic heterocycles. The zero-order valence-corrected chi connectivity index (χ0v) is 14.6. The van der Waals surface area contributed by atoms with Gasteiger partial charge in [0.15, 0.2) is 0 Å². The van der Waals surface area contributed by atoms with E-state index in [1.807, 2.05) is 32.9 Å². The van der Waals surface area contributed by atoms with Gasteiger partial charge in [0.2, 0.25) is 0 Å². The maximum Gasteiger partial charge on any atom is 0.341 e. The maximum absolute atomic E-state index is 12.7. The van der Waals surface area contributed by atoms with Crippen LogP contribution in [-0.2, 0) is 10.1 Å². The van der Waals surface area contributed by atoms with Crippen LogP contribution in [0.25, 0.3) is 11.0 Å². The summed E-state index contributed by atoms with van der Waals surface area (Å²) in [5.41, 5.74) is 2.68. The van der Waals surface area contributed by atoms with Crippen molar-refractivity contribution in [2.45, 2.75) is 31.6 Å². The van der Waals surface area contributed by atoms with Crippen LogP contribution in [0.1, 0.15) is 30.9 Å². The fourth-order valence-corrected chi connectivity index (χ4v) is 4.05. The Morgan fingerprint density at radius 2 is 1.91 bits per heavy atom. The van der Waals surface area contributed by atoms with Gasteiger partial charge in [-0.15, -0.1) is 0 Å². The Labute approximate surface area is 139 Å². The van der Waals surface area contributed by atoms with Gasteiger partial charge >= 0.3 is 10.1 Å². The molecular formula is C16H16N2O3S2. The summed E-state index contributed by atoms with van der Waals surface area (Å²) in [5.74, 6) is 0.512. The van der Waals surface area contributed by atoms with Crippen molar-refractivity contribution in [2.24, 2.45) is 0 Å². The van der Waals surface area contributed by atoms with Crippen molar-refractivity contribution in [3.63, 3.8) is 0 Å². The molecule has 5 nitrogen and oxygen atoms in total. The molecule has 3 aromatic rings. The molecule has 3 rings (SSSR count). The molecule has 0 bridgehead atoms. The van der Waals surface area contributed by atoms with Crippen molar-refractivity contribution in [2.75, 3.05) is 0 Å². The second-order valence-corrected chi connectivity index (χ2v) is 7.66. The van der Waals surface area contributed by atoms with E-state index in [0.29, 0.717) is 16.8 Å². The molecule has 0 N–H and O–H groups in total. The second-order valence-electron chi connectivity index (χ2n) is 5.62. The van der Waals surface area contributed by atoms with Crippen molar-refractivity contribution in [3.05, 3.63) is 47.5 Å². The highest BCUT2D eigenvalue weighted by Crippen LogP contribution is 2.31. The van der Waals surface area contributed by atoms with Gasteiger partial charge in [0.25, 0.3) is 0 Å². The molecule has 0 saturated carbocycles. The third-order valence-corrected chi connectivity index (χ3v) is 5.32. The minimum absolute atomic E-state index is 0.0416. The topological polar surface area (TPSA) is 69.2 Å². The predicted molar refractivity (Wildman–Crippen MR) is 90.5 cm³/mol. The Bertz CT molecular complexity index is 962. The normalized spacial score (nSPS) is 12.0. The first-order valence-corrected chi connectivity index (χ1v) is 9.28. The number of hydrogen-bond donors (Lipinski definition) is 0. The summed E-state index contributed by atoms with van der Waals surface area (Å²) in [4.78, 5) is 0.0416. The molecule has 0 saturated heterocycles. The van der Waals surface area contributed by atoms with E-state index < -0.39 is 10.1 Å². The first kappa shape index (κ1) is 15.9. The molecule has 1 heterocycles. The van der Waals surface area contributed by atoms with Crippen LogP contribution in [0.3, 0.4) is 0 Å². The minimum Gasteiger partial charge on any atom is -0.379 e. The summed E-state index contributed by atoms with van der Waals surface area (Å²) in [6.07, 6.45) is 0. The quantitative estimate of drug-likeness (QED) is 0.669. The molecule has 0 aliphatic heterocycles. The molecule has 7 heteroatoms. The molecule has 0 atom stereocenters. The maximum atomic E-state index is 12.7. The number of aromatic nitrogens is 2. The lowest BCUT2D eigenvalue weighted by atomic mass is 10.0. The third kappa shape index (κ3) is 3.07. The van der Waals surface area contributed by atoms with E-state index in [2.05, 4.69) is 8.75 Å². The number of benzene rings is 2. The van der Waals surface area contributed by atoms with E-state index in [0.717, 1.165) is 22.9 Å². The molecule has 0 aliphatic carbocycles. The van der Waals surface area contributed by atoms with Gasteiger partial charge in [0.1, 0.15) is 21.7 Å². The van der Waals surface area contributed by atoms with Gasteiger partial charge in [0, 0.05) is 0 Å². The molecule has 0 fully saturated rings. The van der Waals surface area contributed by atoms with Crippen LogP contribution in [0, 0.1) is 6.92 Å². The Morgan fingerprint density at radius 1 is 1.13 bits per heavy atom. The van der Waals surface area contributed by atoms with Crippen LogP contribution in [0.4, 0.5) is 0 Å². The van der Waals surface area contributed by atoms with E-state index in [1.54, 1.807) is 18.2 Å². The van der Waals surface area contributed by atoms with E-state index in [-0.39, 0.29) is 10.8 Å². The van der Waals surface area contributed by atoms with Crippen LogP contribution in [-0.4, -0.2) is 17.2 Å². The van der Waals surface area contributed by atoms with Gasteiger partial charge in [-0.25, -0.2) is 0 Å². The summed E-state index contributed by atoms with van der Waals surface area (Å²) in [6.45, 7) is 5.89. The fraction of sp³-hybridized carbons (Fsp3) is 0.250. The van der Waals surface area contributed by atoms with Crippen molar-refractivity contribution in [1.82, 2.24) is 8.75 Å². The first-order valence-electron chi connectivity index (χ1n) is 7.15.